The maximum Gasteiger partial charge on any atom is 0.0733 e. The molecule has 0 rings (SSSR count). The first-order chi connectivity index (χ1) is 2.64. The molecule has 0 aromatic rings. The van der Waals surface area contributed by atoms with Crippen LogP contribution in [0.4, 0.5) is 0 Å². The third kappa shape index (κ3) is 3.03. The Hall–Kier alpha value is 0.820. The first-order valence-corrected chi connectivity index (χ1v) is 3.17. The molecule has 0 spiro atoms. The van der Waals surface area contributed by atoms with E-state index >= 15 is 0 Å². The van der Waals surface area contributed by atoms with E-state index in [1.165, 1.54) is 0 Å². The van der Waals surface area contributed by atoms with Crippen molar-refractivity contribution in [2.75, 3.05) is 0 Å². The molecule has 2 unspecified atom stereocenters. The third-order valence-corrected chi connectivity index (χ3v) is 1.98. The smallest absolute Gasteiger partial charge is 0.0733 e. The van der Waals surface area contributed by atoms with Crippen molar-refractivity contribution >= 4 is 18.5 Å². The lowest BCUT2D eigenvalue weighted by Crippen LogP contribution is -2.06. The van der Waals surface area contributed by atoms with Gasteiger partial charge in [0.1, 0.15) is 0 Å². The van der Waals surface area contributed by atoms with E-state index in [0.717, 1.165) is 0 Å². The minimum Gasteiger partial charge on any atom is -0.389 e. The standard InChI is InChI=1S/C3H10OP2/c1-2(5)3(4)6/h2-4H,5-6H2,1H3/t2-,3-/m1/s1. The summed E-state index contributed by atoms with van der Waals surface area (Å²) in [5.41, 5.74) is 0.287. The van der Waals surface area contributed by atoms with Crippen molar-refractivity contribution in [3.05, 3.63) is 0 Å². The average molecular weight is 124 g/mol. The SMILES string of the molecule is C[C@@H](P)[C@H](O)P. The lowest BCUT2D eigenvalue weighted by molar-refractivity contribution is 0.264. The Balaban J connectivity index is 2.99. The predicted molar refractivity (Wildman–Crippen MR) is 34.9 cm³/mol. The van der Waals surface area contributed by atoms with E-state index in [-0.39, 0.29) is 11.5 Å². The molecule has 0 aliphatic heterocycles. The second-order valence-corrected chi connectivity index (χ2v) is 3.08. The molecule has 0 fully saturated rings. The van der Waals surface area contributed by atoms with Gasteiger partial charge in [-0.15, -0.1) is 18.5 Å². The van der Waals surface area contributed by atoms with Crippen molar-refractivity contribution in [2.45, 2.75) is 18.4 Å². The molecule has 0 aromatic carbocycles. The molecule has 0 amide bonds. The van der Waals surface area contributed by atoms with Gasteiger partial charge in [-0.05, 0) is 0 Å². The second-order valence-electron chi connectivity index (χ2n) is 1.35. The summed E-state index contributed by atoms with van der Waals surface area (Å²) in [4.78, 5) is 0. The lowest BCUT2D eigenvalue weighted by Gasteiger charge is -2.04. The summed E-state index contributed by atoms with van der Waals surface area (Å²) < 4.78 is 0. The third-order valence-electron chi connectivity index (χ3n) is 0.539. The molecular weight excluding hydrogens is 114 g/mol. The van der Waals surface area contributed by atoms with Crippen molar-refractivity contribution < 1.29 is 5.11 Å². The van der Waals surface area contributed by atoms with Crippen molar-refractivity contribution in [3.63, 3.8) is 0 Å². The maximum atomic E-state index is 8.57. The summed E-state index contributed by atoms with van der Waals surface area (Å²) in [5.74, 6) is -0.269. The van der Waals surface area contributed by atoms with Crippen LogP contribution in [0.1, 0.15) is 6.92 Å². The minimum atomic E-state index is -0.269. The zero-order valence-corrected chi connectivity index (χ0v) is 6.07. The minimum absolute atomic E-state index is 0.269. The van der Waals surface area contributed by atoms with E-state index in [0.29, 0.717) is 0 Å². The predicted octanol–water partition coefficient (Wildman–Crippen LogP) is 0.443. The van der Waals surface area contributed by atoms with Gasteiger partial charge in [-0.2, -0.15) is 0 Å². The molecule has 3 heteroatoms. The van der Waals surface area contributed by atoms with Gasteiger partial charge in [-0.1, -0.05) is 6.92 Å². The fraction of sp³-hybridized carbons (Fsp3) is 1.00. The van der Waals surface area contributed by atoms with Crippen LogP contribution in [0.15, 0.2) is 0 Å². The van der Waals surface area contributed by atoms with Crippen molar-refractivity contribution in [1.82, 2.24) is 0 Å². The number of hydrogen-bond acceptors (Lipinski definition) is 1. The van der Waals surface area contributed by atoms with Gasteiger partial charge in [0.05, 0.1) is 5.85 Å². The van der Waals surface area contributed by atoms with Crippen molar-refractivity contribution in [2.24, 2.45) is 0 Å². The highest BCUT2D eigenvalue weighted by molar-refractivity contribution is 7.22. The molecule has 38 valence electrons. The van der Waals surface area contributed by atoms with Gasteiger partial charge in [0.25, 0.3) is 0 Å². The second kappa shape index (κ2) is 2.91. The molecule has 0 saturated carbocycles. The normalized spacial score (nSPS) is 20.0. The molecule has 0 aliphatic rings. The van der Waals surface area contributed by atoms with E-state index in [4.69, 9.17) is 5.11 Å². The van der Waals surface area contributed by atoms with Crippen LogP contribution in [-0.2, 0) is 0 Å². The highest BCUT2D eigenvalue weighted by atomic mass is 31.0. The van der Waals surface area contributed by atoms with E-state index in [9.17, 15) is 0 Å². The van der Waals surface area contributed by atoms with E-state index in [1.54, 1.807) is 0 Å². The summed E-state index contributed by atoms with van der Waals surface area (Å²) in [6.07, 6.45) is 0. The zero-order valence-electron chi connectivity index (χ0n) is 3.76. The Morgan fingerprint density at radius 2 is 1.67 bits per heavy atom. The number of rotatable bonds is 1. The summed E-state index contributed by atoms with van der Waals surface area (Å²) >= 11 is 0. The van der Waals surface area contributed by atoms with Crippen LogP contribution in [0, 0.1) is 0 Å². The topological polar surface area (TPSA) is 20.2 Å². The zero-order chi connectivity index (χ0) is 5.15. The van der Waals surface area contributed by atoms with Gasteiger partial charge in [0.2, 0.25) is 0 Å². The molecule has 0 aliphatic carbocycles. The van der Waals surface area contributed by atoms with Gasteiger partial charge in [-0.3, -0.25) is 0 Å². The first-order valence-electron chi connectivity index (χ1n) is 1.84. The quantitative estimate of drug-likeness (QED) is 0.503. The van der Waals surface area contributed by atoms with Crippen LogP contribution in [0.25, 0.3) is 0 Å². The molecular formula is C3H10OP2. The maximum absolute atomic E-state index is 8.57. The van der Waals surface area contributed by atoms with Crippen LogP contribution in [0.3, 0.4) is 0 Å². The Morgan fingerprint density at radius 1 is 1.50 bits per heavy atom. The van der Waals surface area contributed by atoms with Crippen LogP contribution < -0.4 is 0 Å². The molecule has 1 nitrogen and oxygen atoms in total. The average Bonchev–Trinajstić information content (AvgIpc) is 1.36. The molecule has 6 heavy (non-hydrogen) atoms. The first kappa shape index (κ1) is 6.82. The van der Waals surface area contributed by atoms with E-state index in [2.05, 4.69) is 18.5 Å². The number of aliphatic hydroxyl groups excluding tert-OH is 1. The van der Waals surface area contributed by atoms with Crippen LogP contribution in [0.5, 0.6) is 0 Å². The Kier molecular flexibility index (Phi) is 3.30. The van der Waals surface area contributed by atoms with Gasteiger partial charge in [-0.25, -0.2) is 0 Å². The highest BCUT2D eigenvalue weighted by Gasteiger charge is 1.98. The molecule has 0 aromatic heterocycles. The highest BCUT2D eigenvalue weighted by Crippen LogP contribution is 2.09. The Bertz CT molecular complexity index is 29.8. The lowest BCUT2D eigenvalue weighted by atomic mass is 10.5. The van der Waals surface area contributed by atoms with Crippen molar-refractivity contribution in [3.8, 4) is 0 Å². The summed E-state index contributed by atoms with van der Waals surface area (Å²) in [6, 6.07) is 0. The monoisotopic (exact) mass is 124 g/mol. The van der Waals surface area contributed by atoms with Gasteiger partial charge < -0.3 is 5.11 Å². The van der Waals surface area contributed by atoms with Crippen LogP contribution >= 0.6 is 18.5 Å². The molecule has 0 bridgehead atoms. The van der Waals surface area contributed by atoms with E-state index in [1.807, 2.05) is 6.92 Å². The Morgan fingerprint density at radius 3 is 1.67 bits per heavy atom. The van der Waals surface area contributed by atoms with E-state index < -0.39 is 0 Å². The fourth-order valence-electron chi connectivity index (χ4n) is 0. The molecule has 0 heterocycles. The number of aliphatic hydroxyl groups is 1. The fourth-order valence-corrected chi connectivity index (χ4v) is 0. The molecule has 4 atom stereocenters. The van der Waals surface area contributed by atoms with Crippen molar-refractivity contribution in [1.29, 1.82) is 0 Å². The van der Waals surface area contributed by atoms with Gasteiger partial charge in [0, 0.05) is 5.66 Å². The summed E-state index contributed by atoms with van der Waals surface area (Å²) in [5, 5.41) is 8.57. The molecule has 0 radical (unpaired) electrons. The summed E-state index contributed by atoms with van der Waals surface area (Å²) in [6.45, 7) is 1.93. The van der Waals surface area contributed by atoms with Gasteiger partial charge in [0.15, 0.2) is 0 Å². The largest absolute Gasteiger partial charge is 0.389 e. The summed E-state index contributed by atoms with van der Waals surface area (Å²) in [7, 11) is 4.81. The van der Waals surface area contributed by atoms with Gasteiger partial charge >= 0.3 is 0 Å². The Labute approximate surface area is 42.9 Å². The molecule has 0 saturated heterocycles. The van der Waals surface area contributed by atoms with Crippen LogP contribution in [0.2, 0.25) is 0 Å². The number of hydrogen-bond donors (Lipinski definition) is 1. The van der Waals surface area contributed by atoms with Crippen LogP contribution in [-0.4, -0.2) is 16.6 Å². The molecule has 1 N–H and O–H groups in total.